The van der Waals surface area contributed by atoms with Crippen molar-refractivity contribution in [3.63, 3.8) is 0 Å². The highest BCUT2D eigenvalue weighted by Gasteiger charge is 2.53. The fourth-order valence-electron chi connectivity index (χ4n) is 5.32. The van der Waals surface area contributed by atoms with Crippen LogP contribution < -0.4 is 11.1 Å². The van der Waals surface area contributed by atoms with Gasteiger partial charge in [0.15, 0.2) is 0 Å². The second kappa shape index (κ2) is 6.05. The number of carbonyl (C=O) groups excluding carboxylic acids is 1. The number of hydrogen-bond donors (Lipinski definition) is 2. The van der Waals surface area contributed by atoms with Crippen molar-refractivity contribution in [2.24, 2.45) is 35.3 Å². The number of amides is 1. The SMILES string of the molecule is CC(CCN)CCC(=O)NC1CC2CC1C1CCCC21. The van der Waals surface area contributed by atoms with Crippen LogP contribution in [0.5, 0.6) is 0 Å². The summed E-state index contributed by atoms with van der Waals surface area (Å²) in [5.74, 6) is 4.53. The summed E-state index contributed by atoms with van der Waals surface area (Å²) in [6, 6.07) is 0.497. The number of nitrogens with two attached hydrogens (primary N) is 1. The number of carbonyl (C=O) groups is 1. The third-order valence-corrected chi connectivity index (χ3v) is 6.30. The minimum absolute atomic E-state index is 0.279. The molecule has 3 saturated carbocycles. The molecule has 3 heteroatoms. The predicted octanol–water partition coefficient (Wildman–Crippen LogP) is 2.69. The molecule has 3 aliphatic rings. The van der Waals surface area contributed by atoms with Gasteiger partial charge in [-0.15, -0.1) is 0 Å². The van der Waals surface area contributed by atoms with Gasteiger partial charge in [-0.1, -0.05) is 13.3 Å². The van der Waals surface area contributed by atoms with E-state index in [2.05, 4.69) is 12.2 Å². The summed E-state index contributed by atoms with van der Waals surface area (Å²) in [5, 5.41) is 3.35. The molecule has 0 saturated heterocycles. The lowest BCUT2D eigenvalue weighted by atomic mass is 9.79. The number of rotatable bonds is 6. The van der Waals surface area contributed by atoms with Crippen LogP contribution in [0.15, 0.2) is 0 Å². The van der Waals surface area contributed by atoms with Gasteiger partial charge in [-0.25, -0.2) is 0 Å². The van der Waals surface area contributed by atoms with Gasteiger partial charge in [-0.05, 0) is 74.7 Å². The standard InChI is InChI=1S/C17H30N2O/c1-11(7-8-18)5-6-17(20)19-16-10-12-9-15(16)14-4-2-3-13(12)14/h11-16H,2-10,18H2,1H3,(H,19,20). The zero-order valence-electron chi connectivity index (χ0n) is 12.8. The van der Waals surface area contributed by atoms with Crippen LogP contribution in [-0.2, 0) is 4.79 Å². The van der Waals surface area contributed by atoms with Gasteiger partial charge in [0, 0.05) is 12.5 Å². The largest absolute Gasteiger partial charge is 0.353 e. The Bertz CT molecular complexity index is 357. The Hall–Kier alpha value is -0.570. The average molecular weight is 278 g/mol. The van der Waals surface area contributed by atoms with Gasteiger partial charge >= 0.3 is 0 Å². The first-order chi connectivity index (χ1) is 9.69. The maximum Gasteiger partial charge on any atom is 0.220 e. The average Bonchev–Trinajstić information content (AvgIpc) is 3.08. The maximum atomic E-state index is 12.1. The summed E-state index contributed by atoms with van der Waals surface area (Å²) in [5.41, 5.74) is 5.56. The lowest BCUT2D eigenvalue weighted by Gasteiger charge is -2.32. The first kappa shape index (κ1) is 14.4. The highest BCUT2D eigenvalue weighted by Crippen LogP contribution is 2.58. The molecule has 3 fully saturated rings. The molecule has 0 aliphatic heterocycles. The molecule has 3 nitrogen and oxygen atoms in total. The van der Waals surface area contributed by atoms with Gasteiger partial charge < -0.3 is 11.1 Å². The van der Waals surface area contributed by atoms with E-state index in [4.69, 9.17) is 5.73 Å². The molecule has 3 rings (SSSR count). The molecular weight excluding hydrogens is 248 g/mol. The third-order valence-electron chi connectivity index (χ3n) is 6.30. The Morgan fingerprint density at radius 3 is 2.80 bits per heavy atom. The Morgan fingerprint density at radius 2 is 2.00 bits per heavy atom. The molecule has 6 atom stereocenters. The summed E-state index contributed by atoms with van der Waals surface area (Å²) in [4.78, 5) is 12.1. The van der Waals surface area contributed by atoms with Crippen molar-refractivity contribution < 1.29 is 4.79 Å². The second-order valence-corrected chi connectivity index (χ2v) is 7.55. The fourth-order valence-corrected chi connectivity index (χ4v) is 5.32. The van der Waals surface area contributed by atoms with E-state index in [1.807, 2.05) is 0 Å². The minimum Gasteiger partial charge on any atom is -0.353 e. The van der Waals surface area contributed by atoms with Crippen LogP contribution in [0.25, 0.3) is 0 Å². The van der Waals surface area contributed by atoms with Crippen LogP contribution in [-0.4, -0.2) is 18.5 Å². The van der Waals surface area contributed by atoms with Gasteiger partial charge in [0.05, 0.1) is 0 Å². The van der Waals surface area contributed by atoms with Crippen LogP contribution in [0.2, 0.25) is 0 Å². The van der Waals surface area contributed by atoms with E-state index in [9.17, 15) is 4.79 Å². The van der Waals surface area contributed by atoms with E-state index < -0.39 is 0 Å². The summed E-state index contributed by atoms with van der Waals surface area (Å²) in [6.45, 7) is 2.93. The number of fused-ring (bicyclic) bond motifs is 5. The van der Waals surface area contributed by atoms with Crippen LogP contribution in [0.1, 0.15) is 58.3 Å². The first-order valence-corrected chi connectivity index (χ1v) is 8.68. The van der Waals surface area contributed by atoms with Gasteiger partial charge in [-0.2, -0.15) is 0 Å². The summed E-state index contributed by atoms with van der Waals surface area (Å²) in [6.07, 6.45) is 9.67. The van der Waals surface area contributed by atoms with E-state index in [1.54, 1.807) is 0 Å². The van der Waals surface area contributed by atoms with E-state index in [-0.39, 0.29) is 5.91 Å². The van der Waals surface area contributed by atoms with Crippen molar-refractivity contribution >= 4 is 5.91 Å². The molecule has 0 heterocycles. The molecule has 3 N–H and O–H groups in total. The van der Waals surface area contributed by atoms with Crippen molar-refractivity contribution in [3.05, 3.63) is 0 Å². The van der Waals surface area contributed by atoms with Crippen molar-refractivity contribution in [3.8, 4) is 0 Å². The van der Waals surface area contributed by atoms with E-state index in [0.29, 0.717) is 18.4 Å². The molecule has 1 amide bonds. The normalized spacial score (nSPS) is 39.8. The first-order valence-electron chi connectivity index (χ1n) is 8.68. The number of nitrogens with one attached hydrogen (secondary N) is 1. The molecule has 6 unspecified atom stereocenters. The monoisotopic (exact) mass is 278 g/mol. The topological polar surface area (TPSA) is 55.1 Å². The summed E-state index contributed by atoms with van der Waals surface area (Å²) >= 11 is 0. The van der Waals surface area contributed by atoms with E-state index in [1.165, 1.54) is 32.1 Å². The van der Waals surface area contributed by atoms with E-state index in [0.717, 1.165) is 43.1 Å². The van der Waals surface area contributed by atoms with Crippen LogP contribution >= 0.6 is 0 Å². The van der Waals surface area contributed by atoms with Crippen molar-refractivity contribution in [2.45, 2.75) is 64.3 Å². The minimum atomic E-state index is 0.279. The molecule has 114 valence electrons. The van der Waals surface area contributed by atoms with Crippen LogP contribution in [0, 0.1) is 29.6 Å². The molecule has 0 aromatic heterocycles. The number of hydrogen-bond acceptors (Lipinski definition) is 2. The Morgan fingerprint density at radius 1 is 1.20 bits per heavy atom. The molecule has 0 spiro atoms. The quantitative estimate of drug-likeness (QED) is 0.785. The van der Waals surface area contributed by atoms with Gasteiger partial charge in [-0.3, -0.25) is 4.79 Å². The fraction of sp³-hybridized carbons (Fsp3) is 0.941. The Kier molecular flexibility index (Phi) is 4.34. The summed E-state index contributed by atoms with van der Waals surface area (Å²) < 4.78 is 0. The molecule has 0 aromatic rings. The zero-order valence-corrected chi connectivity index (χ0v) is 12.8. The second-order valence-electron chi connectivity index (χ2n) is 7.55. The van der Waals surface area contributed by atoms with Gasteiger partial charge in [0.25, 0.3) is 0 Å². The molecule has 2 bridgehead atoms. The zero-order chi connectivity index (χ0) is 14.1. The Labute approximate surface area is 123 Å². The summed E-state index contributed by atoms with van der Waals surface area (Å²) in [7, 11) is 0. The molecule has 0 aromatic carbocycles. The van der Waals surface area contributed by atoms with Crippen molar-refractivity contribution in [1.82, 2.24) is 5.32 Å². The van der Waals surface area contributed by atoms with Crippen LogP contribution in [0.4, 0.5) is 0 Å². The maximum absolute atomic E-state index is 12.1. The molecular formula is C17H30N2O. The highest BCUT2D eigenvalue weighted by atomic mass is 16.1. The molecule has 3 aliphatic carbocycles. The van der Waals surface area contributed by atoms with Crippen molar-refractivity contribution in [2.75, 3.05) is 6.54 Å². The van der Waals surface area contributed by atoms with Gasteiger partial charge in [0.1, 0.15) is 0 Å². The van der Waals surface area contributed by atoms with Gasteiger partial charge in [0.2, 0.25) is 5.91 Å². The highest BCUT2D eigenvalue weighted by molar-refractivity contribution is 5.76. The third kappa shape index (κ3) is 2.74. The van der Waals surface area contributed by atoms with E-state index >= 15 is 0 Å². The lowest BCUT2D eigenvalue weighted by Crippen LogP contribution is -2.42. The smallest absolute Gasteiger partial charge is 0.220 e. The molecule has 0 radical (unpaired) electrons. The molecule has 20 heavy (non-hydrogen) atoms. The lowest BCUT2D eigenvalue weighted by molar-refractivity contribution is -0.122. The van der Waals surface area contributed by atoms with Crippen molar-refractivity contribution in [1.29, 1.82) is 0 Å². The van der Waals surface area contributed by atoms with Crippen LogP contribution in [0.3, 0.4) is 0 Å². The predicted molar refractivity (Wildman–Crippen MR) is 81.0 cm³/mol. The Balaban J connectivity index is 1.44.